The normalized spacial score (nSPS) is 37.0. The van der Waals surface area contributed by atoms with Gasteiger partial charge in [-0.05, 0) is 115 Å². The molecule has 418 valence electrons. The largest absolute Gasteiger partial charge is 0.460 e. The number of carbonyl (C=O) groups excluding carboxylic acids is 6. The highest BCUT2D eigenvalue weighted by atomic mass is 16.6. The lowest BCUT2D eigenvalue weighted by molar-refractivity contribution is -0.265. The minimum absolute atomic E-state index is 0.00808. The van der Waals surface area contributed by atoms with Crippen molar-refractivity contribution < 1.29 is 82.7 Å². The van der Waals surface area contributed by atoms with Crippen molar-refractivity contribution in [2.75, 3.05) is 41.1 Å². The maximum absolute atomic E-state index is 14.5. The van der Waals surface area contributed by atoms with Gasteiger partial charge in [-0.3, -0.25) is 24.0 Å². The van der Waals surface area contributed by atoms with Crippen LogP contribution >= 0.6 is 0 Å². The molecule has 3 heterocycles. The van der Waals surface area contributed by atoms with Crippen LogP contribution in [0.4, 0.5) is 0 Å². The molecule has 1 amide bonds. The number of aliphatic hydroxyl groups excluding tert-OH is 3. The molecule has 2 unspecified atom stereocenters. The second-order valence-corrected chi connectivity index (χ2v) is 22.2. The average molecular weight is 1050 g/mol. The minimum atomic E-state index is -2.50. The van der Waals surface area contributed by atoms with E-state index >= 15 is 0 Å². The number of hydrogen-bond donors (Lipinski definition) is 5. The Kier molecular flexibility index (Phi) is 23.6. The molecule has 74 heavy (non-hydrogen) atoms. The maximum atomic E-state index is 14.5. The van der Waals surface area contributed by atoms with Crippen molar-refractivity contribution >= 4 is 35.2 Å². The van der Waals surface area contributed by atoms with Crippen LogP contribution in [0.3, 0.4) is 0 Å². The number of carbonyl (C=O) groups is 6. The lowest BCUT2D eigenvalue weighted by atomic mass is 9.78. The zero-order valence-corrected chi connectivity index (χ0v) is 45.7. The number of cyclic esters (lactones) is 1. The number of hydrogen-bond acceptors (Lipinski definition) is 17. The lowest BCUT2D eigenvalue weighted by Crippen LogP contribution is -2.61. The van der Waals surface area contributed by atoms with Crippen LogP contribution in [0.5, 0.6) is 0 Å². The van der Waals surface area contributed by atoms with E-state index in [1.54, 1.807) is 58.9 Å². The highest BCUT2D eigenvalue weighted by molar-refractivity contribution is 6.39. The summed E-state index contributed by atoms with van der Waals surface area (Å²) < 4.78 is 35.3. The Labute approximate surface area is 437 Å². The number of aliphatic hydroxyl groups is 5. The fourth-order valence-corrected chi connectivity index (χ4v) is 10.7. The molecule has 4 rings (SSSR count). The fraction of sp³-hybridized carbons (Fsp3) is 0.750. The molecule has 18 heteroatoms. The number of rotatable bonds is 10. The standard InChI is InChI=1S/C56H87NO17/c1-33-17-13-12-15-23-55(8,67)30-37(5)48(62)49(71-11)47(61)36(4)25-34(2)42(60)29-45(35(3)26-39-20-22-43(46(27-39)70-10)73-53(66)54(7,31-58)32-59)72-52(65)41-18-14-16-24-57(41)51(64)50(63)56(68)38(6)19-21-40(74-56)28-44(33)69-9/h12-13,15,17,23,25,34-35,37-41,43-47,49,58-59,61,67-68H,14,16,18-22,24,26-32H2,1-11H3/b13-12?,23-15+,33-17?,36-25+/t34-,35-,37-,38-,39?,40?,41+,43-,44+,45+,46-,47-,49-,55+,56-/m1/s1. The van der Waals surface area contributed by atoms with Crippen LogP contribution in [-0.4, -0.2) is 167 Å². The second kappa shape index (κ2) is 27.9. The van der Waals surface area contributed by atoms with Crippen molar-refractivity contribution in [1.82, 2.24) is 4.90 Å². The zero-order chi connectivity index (χ0) is 55.3. The highest BCUT2D eigenvalue weighted by Gasteiger charge is 2.53. The highest BCUT2D eigenvalue weighted by Crippen LogP contribution is 2.38. The molecule has 0 aromatic heterocycles. The quantitative estimate of drug-likeness (QED) is 0.111. The first kappa shape index (κ1) is 62.6. The molecule has 0 aromatic rings. The predicted octanol–water partition coefficient (Wildman–Crippen LogP) is 4.84. The number of amides is 1. The first-order valence-electron chi connectivity index (χ1n) is 26.4. The topological polar surface area (TPSA) is 262 Å². The van der Waals surface area contributed by atoms with Crippen LogP contribution < -0.4 is 0 Å². The molecule has 15 atom stereocenters. The van der Waals surface area contributed by atoms with E-state index in [2.05, 4.69) is 0 Å². The zero-order valence-electron chi connectivity index (χ0n) is 45.7. The smallest absolute Gasteiger partial charge is 0.329 e. The van der Waals surface area contributed by atoms with Gasteiger partial charge in [0.2, 0.25) is 5.79 Å². The number of esters is 2. The third kappa shape index (κ3) is 16.0. The molecule has 1 aliphatic carbocycles. The number of ether oxygens (including phenoxy) is 6. The molecule has 3 aliphatic heterocycles. The molecule has 0 radical (unpaired) electrons. The van der Waals surface area contributed by atoms with E-state index in [1.807, 2.05) is 19.9 Å². The first-order valence-corrected chi connectivity index (χ1v) is 26.4. The monoisotopic (exact) mass is 1050 g/mol. The summed E-state index contributed by atoms with van der Waals surface area (Å²) in [5.74, 6) is -10.0. The van der Waals surface area contributed by atoms with Gasteiger partial charge in [0, 0.05) is 58.5 Å². The van der Waals surface area contributed by atoms with Gasteiger partial charge in [-0.1, -0.05) is 64.2 Å². The van der Waals surface area contributed by atoms with Gasteiger partial charge in [0.25, 0.3) is 11.7 Å². The van der Waals surface area contributed by atoms with Crippen molar-refractivity contribution in [3.05, 3.63) is 47.6 Å². The molecule has 0 spiro atoms. The number of nitrogens with zero attached hydrogens (tertiary/aromatic N) is 1. The SMILES string of the molecule is CO[C@H]1CC2CC[C@@H](C)[C@@](O)(O2)C(=O)C(=O)N2CCCC[C@H]2C(=O)O[C@H]([C@H](C)CC2CC[C@@H](OC(=O)C(C)(CO)CO)[C@H](OC)C2)CC(=O)[C@H](C)/C=C(\C)[C@@H](O)[C@@H](OC)C(=O)[C@H](C)C[C@@](C)(O)/C=C/C=CC=C1C. The van der Waals surface area contributed by atoms with E-state index in [1.165, 1.54) is 34.3 Å². The Morgan fingerprint density at radius 3 is 2.20 bits per heavy atom. The van der Waals surface area contributed by atoms with Gasteiger partial charge in [-0.25, -0.2) is 4.79 Å². The van der Waals surface area contributed by atoms with Crippen LogP contribution in [-0.2, 0) is 57.2 Å². The predicted molar refractivity (Wildman–Crippen MR) is 273 cm³/mol. The van der Waals surface area contributed by atoms with Crippen molar-refractivity contribution in [3.63, 3.8) is 0 Å². The molecule has 2 saturated heterocycles. The van der Waals surface area contributed by atoms with Gasteiger partial charge in [0.1, 0.15) is 41.7 Å². The summed E-state index contributed by atoms with van der Waals surface area (Å²) >= 11 is 0. The number of allylic oxidation sites excluding steroid dienone is 5. The van der Waals surface area contributed by atoms with Gasteiger partial charge in [0.05, 0.1) is 37.1 Å². The number of ketones is 3. The Hall–Kier alpha value is -3.98. The summed E-state index contributed by atoms with van der Waals surface area (Å²) in [6.07, 6.45) is 7.63. The summed E-state index contributed by atoms with van der Waals surface area (Å²) in [6.45, 7) is 12.0. The van der Waals surface area contributed by atoms with E-state index in [-0.39, 0.29) is 49.5 Å². The minimum Gasteiger partial charge on any atom is -0.460 e. The van der Waals surface area contributed by atoms with Crippen molar-refractivity contribution in [3.8, 4) is 0 Å². The Morgan fingerprint density at radius 1 is 0.878 bits per heavy atom. The van der Waals surface area contributed by atoms with Gasteiger partial charge in [-0.15, -0.1) is 0 Å². The Morgan fingerprint density at radius 2 is 1.57 bits per heavy atom. The molecule has 18 nitrogen and oxygen atoms in total. The van der Waals surface area contributed by atoms with E-state index in [0.29, 0.717) is 51.4 Å². The van der Waals surface area contributed by atoms with E-state index in [9.17, 15) is 54.3 Å². The molecule has 5 N–H and O–H groups in total. The van der Waals surface area contributed by atoms with Gasteiger partial charge in [0.15, 0.2) is 5.78 Å². The van der Waals surface area contributed by atoms with Gasteiger partial charge in [-0.2, -0.15) is 0 Å². The summed E-state index contributed by atoms with van der Waals surface area (Å²) in [5.41, 5.74) is -1.85. The van der Waals surface area contributed by atoms with Crippen molar-refractivity contribution in [2.45, 2.75) is 193 Å². The molecule has 0 aromatic carbocycles. The van der Waals surface area contributed by atoms with E-state index < -0.39 is 132 Å². The fourth-order valence-electron chi connectivity index (χ4n) is 10.7. The van der Waals surface area contributed by atoms with Gasteiger partial charge >= 0.3 is 11.9 Å². The van der Waals surface area contributed by atoms with Crippen LogP contribution in [0, 0.1) is 35.0 Å². The maximum Gasteiger partial charge on any atom is 0.329 e. The average Bonchev–Trinajstić information content (AvgIpc) is 3.37. The lowest BCUT2D eigenvalue weighted by Gasteiger charge is -2.42. The van der Waals surface area contributed by atoms with E-state index in [4.69, 9.17) is 28.4 Å². The first-order chi connectivity index (χ1) is 34.8. The molecule has 2 bridgehead atoms. The number of piperidine rings is 1. The number of fused-ring (bicyclic) bond motifs is 3. The van der Waals surface area contributed by atoms with Crippen LogP contribution in [0.15, 0.2) is 47.6 Å². The Bertz CT molecular complexity index is 2060. The summed E-state index contributed by atoms with van der Waals surface area (Å²) in [6, 6.07) is -1.22. The van der Waals surface area contributed by atoms with Crippen LogP contribution in [0.2, 0.25) is 0 Å². The molecule has 1 saturated carbocycles. The number of Topliss-reactive ketones (excluding diaryl/α,β-unsaturated/α-hetero) is 3. The van der Waals surface area contributed by atoms with E-state index in [0.717, 1.165) is 10.5 Å². The molecular weight excluding hydrogens is 959 g/mol. The second-order valence-electron chi connectivity index (χ2n) is 22.2. The van der Waals surface area contributed by atoms with Crippen LogP contribution in [0.25, 0.3) is 0 Å². The third-order valence-corrected chi connectivity index (χ3v) is 15.9. The molecular formula is C56H87NO17. The number of methoxy groups -OCH3 is 3. The third-order valence-electron chi connectivity index (χ3n) is 15.9. The van der Waals surface area contributed by atoms with Crippen LogP contribution in [0.1, 0.15) is 132 Å². The molecule has 4 aliphatic rings. The summed E-state index contributed by atoms with van der Waals surface area (Å²) in [7, 11) is 4.33. The Balaban J connectivity index is 1.71. The van der Waals surface area contributed by atoms with Crippen molar-refractivity contribution in [2.24, 2.45) is 35.0 Å². The van der Waals surface area contributed by atoms with Crippen molar-refractivity contribution in [1.29, 1.82) is 0 Å². The summed E-state index contributed by atoms with van der Waals surface area (Å²) in [5, 5.41) is 54.4. The van der Waals surface area contributed by atoms with Gasteiger partial charge < -0.3 is 58.9 Å². The summed E-state index contributed by atoms with van der Waals surface area (Å²) in [4.78, 5) is 85.4. The molecule has 3 fully saturated rings.